The molecule has 2 nitrogen and oxygen atoms in total. The molecule has 0 saturated carbocycles. The second kappa shape index (κ2) is 7.55. The van der Waals surface area contributed by atoms with Gasteiger partial charge in [0.15, 0.2) is 0 Å². The monoisotopic (exact) mass is 154 g/mol. The molecule has 0 aliphatic carbocycles. The molecule has 0 heterocycles. The van der Waals surface area contributed by atoms with E-state index in [0.29, 0.717) is 6.04 Å². The normalized spacial score (nSPS) is 12.2. The Kier molecular flexibility index (Phi) is 7.16. The first kappa shape index (κ1) is 10.4. The number of nitrogens with two attached hydrogens (primary N) is 1. The summed E-state index contributed by atoms with van der Waals surface area (Å²) >= 11 is 0. The quantitative estimate of drug-likeness (QED) is 0.443. The zero-order valence-electron chi connectivity index (χ0n) is 7.27. The van der Waals surface area contributed by atoms with Crippen LogP contribution >= 0.6 is 0 Å². The third kappa shape index (κ3) is 9.44. The molecular formula is C9H18N2. The van der Waals surface area contributed by atoms with Crippen molar-refractivity contribution < 1.29 is 0 Å². The first-order valence-electron chi connectivity index (χ1n) is 4.08. The predicted molar refractivity (Wildman–Crippen MR) is 49.5 cm³/mol. The molecule has 0 radical (unpaired) electrons. The van der Waals surface area contributed by atoms with Crippen molar-refractivity contribution >= 4 is 0 Å². The molecule has 0 aromatic rings. The van der Waals surface area contributed by atoms with Crippen molar-refractivity contribution in [3.05, 3.63) is 18.4 Å². The van der Waals surface area contributed by atoms with Crippen molar-refractivity contribution in [3.8, 4) is 0 Å². The zero-order valence-corrected chi connectivity index (χ0v) is 7.27. The van der Waals surface area contributed by atoms with Crippen LogP contribution < -0.4 is 11.1 Å². The van der Waals surface area contributed by atoms with E-state index >= 15 is 0 Å². The van der Waals surface area contributed by atoms with Gasteiger partial charge in [0.2, 0.25) is 0 Å². The van der Waals surface area contributed by atoms with Crippen molar-refractivity contribution in [1.82, 2.24) is 5.32 Å². The van der Waals surface area contributed by atoms with Gasteiger partial charge in [-0.05, 0) is 32.4 Å². The highest BCUT2D eigenvalue weighted by molar-refractivity contribution is 4.77. The van der Waals surface area contributed by atoms with Gasteiger partial charge >= 0.3 is 0 Å². The molecule has 0 rings (SSSR count). The smallest absolute Gasteiger partial charge is 0.0209 e. The Morgan fingerprint density at radius 1 is 1.73 bits per heavy atom. The van der Waals surface area contributed by atoms with Crippen LogP contribution in [0.25, 0.3) is 0 Å². The molecule has 1 atom stereocenters. The number of hydrogen-bond acceptors (Lipinski definition) is 2. The van der Waals surface area contributed by atoms with E-state index < -0.39 is 0 Å². The molecular weight excluding hydrogens is 136 g/mol. The first-order chi connectivity index (χ1) is 5.27. The minimum atomic E-state index is 0.326. The summed E-state index contributed by atoms with van der Waals surface area (Å²) < 4.78 is 0. The van der Waals surface area contributed by atoms with Crippen LogP contribution in [0.5, 0.6) is 0 Å². The molecule has 64 valence electrons. The lowest BCUT2D eigenvalue weighted by molar-refractivity contribution is 0.591. The molecule has 0 amide bonds. The van der Waals surface area contributed by atoms with Gasteiger partial charge in [-0.1, -0.05) is 6.58 Å². The van der Waals surface area contributed by atoms with E-state index in [0.717, 1.165) is 25.9 Å². The molecule has 0 spiro atoms. The second-order valence-corrected chi connectivity index (χ2v) is 2.73. The Morgan fingerprint density at radius 3 is 3.00 bits per heavy atom. The van der Waals surface area contributed by atoms with E-state index in [4.69, 9.17) is 5.73 Å². The van der Waals surface area contributed by atoms with Gasteiger partial charge in [0.05, 0.1) is 0 Å². The van der Waals surface area contributed by atoms with E-state index in [2.05, 4.69) is 17.6 Å². The third-order valence-corrected chi connectivity index (χ3v) is 1.40. The Labute approximate surface area is 69.2 Å². The SMILES string of the molecule is C=C=CCNCCCC(C)N. The summed E-state index contributed by atoms with van der Waals surface area (Å²) in [6.45, 7) is 7.39. The minimum absolute atomic E-state index is 0.326. The average molecular weight is 154 g/mol. The van der Waals surface area contributed by atoms with Crippen molar-refractivity contribution in [2.24, 2.45) is 5.73 Å². The van der Waals surface area contributed by atoms with E-state index in [1.165, 1.54) is 0 Å². The van der Waals surface area contributed by atoms with Gasteiger partial charge in [-0.15, -0.1) is 5.73 Å². The van der Waals surface area contributed by atoms with Crippen LogP contribution in [0.3, 0.4) is 0 Å². The Bertz CT molecular complexity index is 124. The summed E-state index contributed by atoms with van der Waals surface area (Å²) in [4.78, 5) is 0. The van der Waals surface area contributed by atoms with Gasteiger partial charge in [-0.2, -0.15) is 0 Å². The van der Waals surface area contributed by atoms with Crippen LogP contribution in [0.4, 0.5) is 0 Å². The predicted octanol–water partition coefficient (Wildman–Crippen LogP) is 1.04. The summed E-state index contributed by atoms with van der Waals surface area (Å²) in [5, 5.41) is 3.23. The van der Waals surface area contributed by atoms with Gasteiger partial charge in [0.1, 0.15) is 0 Å². The molecule has 0 aromatic carbocycles. The molecule has 0 bridgehead atoms. The maximum atomic E-state index is 5.58. The second-order valence-electron chi connectivity index (χ2n) is 2.73. The lowest BCUT2D eigenvalue weighted by Crippen LogP contribution is -2.19. The topological polar surface area (TPSA) is 38.0 Å². The van der Waals surface area contributed by atoms with Crippen LogP contribution in [0, 0.1) is 0 Å². The Hall–Kier alpha value is -0.560. The van der Waals surface area contributed by atoms with Crippen LogP contribution in [0.15, 0.2) is 18.4 Å². The van der Waals surface area contributed by atoms with Gasteiger partial charge < -0.3 is 11.1 Å². The standard InChI is InChI=1S/C9H18N2/c1-3-4-7-11-8-5-6-9(2)10/h4,9,11H,1,5-8,10H2,2H3. The molecule has 1 unspecified atom stereocenters. The fourth-order valence-corrected chi connectivity index (χ4v) is 0.795. The highest BCUT2D eigenvalue weighted by atomic mass is 14.8. The Morgan fingerprint density at radius 2 is 2.45 bits per heavy atom. The summed E-state index contributed by atoms with van der Waals surface area (Å²) in [5.41, 5.74) is 8.28. The van der Waals surface area contributed by atoms with Gasteiger partial charge in [-0.25, -0.2) is 0 Å². The fraction of sp³-hybridized carbons (Fsp3) is 0.667. The summed E-state index contributed by atoms with van der Waals surface area (Å²) in [7, 11) is 0. The molecule has 0 aliphatic rings. The zero-order chi connectivity index (χ0) is 8.53. The lowest BCUT2D eigenvalue weighted by atomic mass is 10.2. The summed E-state index contributed by atoms with van der Waals surface area (Å²) in [6.07, 6.45) is 4.11. The van der Waals surface area contributed by atoms with Gasteiger partial charge in [-0.3, -0.25) is 0 Å². The highest BCUT2D eigenvalue weighted by Crippen LogP contribution is 1.90. The largest absolute Gasteiger partial charge is 0.328 e. The minimum Gasteiger partial charge on any atom is -0.328 e. The summed E-state index contributed by atoms with van der Waals surface area (Å²) in [5.74, 6) is 0. The number of hydrogen-bond donors (Lipinski definition) is 2. The molecule has 0 fully saturated rings. The van der Waals surface area contributed by atoms with Gasteiger partial charge in [0, 0.05) is 12.6 Å². The lowest BCUT2D eigenvalue weighted by Gasteiger charge is -2.03. The van der Waals surface area contributed by atoms with E-state index in [9.17, 15) is 0 Å². The number of nitrogens with one attached hydrogen (secondary N) is 1. The molecule has 2 heteroatoms. The molecule has 11 heavy (non-hydrogen) atoms. The first-order valence-corrected chi connectivity index (χ1v) is 4.08. The van der Waals surface area contributed by atoms with Crippen LogP contribution in [0.1, 0.15) is 19.8 Å². The van der Waals surface area contributed by atoms with Crippen molar-refractivity contribution in [3.63, 3.8) is 0 Å². The molecule has 0 aliphatic heterocycles. The van der Waals surface area contributed by atoms with Crippen molar-refractivity contribution in [1.29, 1.82) is 0 Å². The van der Waals surface area contributed by atoms with E-state index in [-0.39, 0.29) is 0 Å². The molecule has 0 aromatic heterocycles. The van der Waals surface area contributed by atoms with E-state index in [1.54, 1.807) is 0 Å². The van der Waals surface area contributed by atoms with Gasteiger partial charge in [0.25, 0.3) is 0 Å². The molecule has 3 N–H and O–H groups in total. The van der Waals surface area contributed by atoms with Crippen molar-refractivity contribution in [2.75, 3.05) is 13.1 Å². The van der Waals surface area contributed by atoms with Crippen LogP contribution in [0.2, 0.25) is 0 Å². The maximum absolute atomic E-state index is 5.58. The van der Waals surface area contributed by atoms with Crippen molar-refractivity contribution in [2.45, 2.75) is 25.8 Å². The van der Waals surface area contributed by atoms with Crippen LogP contribution in [-0.2, 0) is 0 Å². The molecule has 0 saturated heterocycles. The fourth-order valence-electron chi connectivity index (χ4n) is 0.795. The third-order valence-electron chi connectivity index (χ3n) is 1.40. The Balaban J connectivity index is 2.96. The highest BCUT2D eigenvalue weighted by Gasteiger charge is 1.91. The average Bonchev–Trinajstić information content (AvgIpc) is 1.96. The maximum Gasteiger partial charge on any atom is 0.0209 e. The van der Waals surface area contributed by atoms with E-state index in [1.807, 2.05) is 13.0 Å². The van der Waals surface area contributed by atoms with Crippen LogP contribution in [-0.4, -0.2) is 19.1 Å². The number of rotatable bonds is 6. The summed E-state index contributed by atoms with van der Waals surface area (Å²) in [6, 6.07) is 0.326.